The average molecular weight is 337 g/mol. The average Bonchev–Trinajstić information content (AvgIpc) is 2.61. The maximum Gasteiger partial charge on any atom is 0.341 e. The molecule has 0 radical (unpaired) electrons. The number of carbonyl (C=O) groups excluding carboxylic acids is 1. The Balaban J connectivity index is 2.53. The summed E-state index contributed by atoms with van der Waals surface area (Å²) in [5, 5.41) is 10.1. The number of rotatable bonds is 2. The first-order chi connectivity index (χ1) is 11.6. The maximum atomic E-state index is 12.3. The summed E-state index contributed by atoms with van der Waals surface area (Å²) in [5.41, 5.74) is 3.61. The second-order valence-corrected chi connectivity index (χ2v) is 5.67. The molecule has 5 heteroatoms. The van der Waals surface area contributed by atoms with E-state index >= 15 is 0 Å². The number of halogens is 1. The Labute approximate surface area is 144 Å². The first-order valence-electron chi connectivity index (χ1n) is 7.24. The molecule has 24 heavy (non-hydrogen) atoms. The fraction of sp³-hybridized carbons (Fsp3) is 0.105. The molecule has 0 fully saturated rings. The van der Waals surface area contributed by atoms with E-state index in [9.17, 15) is 10.1 Å². The molecule has 0 amide bonds. The molecule has 4 nitrogen and oxygen atoms in total. The highest BCUT2D eigenvalue weighted by atomic mass is 35.5. The van der Waals surface area contributed by atoms with E-state index in [0.717, 1.165) is 11.1 Å². The third-order valence-corrected chi connectivity index (χ3v) is 4.09. The zero-order valence-electron chi connectivity index (χ0n) is 13.1. The van der Waals surface area contributed by atoms with Crippen molar-refractivity contribution in [1.82, 2.24) is 4.98 Å². The molecule has 0 aliphatic heterocycles. The van der Waals surface area contributed by atoms with E-state index in [1.165, 1.54) is 7.11 Å². The number of benzene rings is 2. The van der Waals surface area contributed by atoms with E-state index < -0.39 is 5.97 Å². The summed E-state index contributed by atoms with van der Waals surface area (Å²) in [6.45, 7) is 1.86. The molecule has 3 aromatic rings. The number of hydrogen-bond donors (Lipinski definition) is 0. The van der Waals surface area contributed by atoms with Crippen LogP contribution in [0.15, 0.2) is 42.5 Å². The number of aromatic nitrogens is 1. The van der Waals surface area contributed by atoms with Crippen molar-refractivity contribution in [3.05, 3.63) is 64.3 Å². The van der Waals surface area contributed by atoms with Crippen LogP contribution in [-0.2, 0) is 4.74 Å². The van der Waals surface area contributed by atoms with E-state index in [1.54, 1.807) is 12.1 Å². The molecule has 118 valence electrons. The highest BCUT2D eigenvalue weighted by Gasteiger charge is 2.23. The number of hydrogen-bond acceptors (Lipinski definition) is 4. The predicted molar refractivity (Wildman–Crippen MR) is 93.0 cm³/mol. The van der Waals surface area contributed by atoms with Gasteiger partial charge in [-0.3, -0.25) is 0 Å². The van der Waals surface area contributed by atoms with Crippen LogP contribution in [0, 0.1) is 18.3 Å². The van der Waals surface area contributed by atoms with Crippen LogP contribution >= 0.6 is 11.6 Å². The quantitative estimate of drug-likeness (QED) is 0.509. The number of nitrogens with zero attached hydrogens (tertiary/aromatic N) is 2. The largest absolute Gasteiger partial charge is 0.465 e. The molecule has 0 spiro atoms. The van der Waals surface area contributed by atoms with Crippen molar-refractivity contribution in [2.45, 2.75) is 6.92 Å². The summed E-state index contributed by atoms with van der Waals surface area (Å²) in [5.74, 6) is -0.562. The van der Waals surface area contributed by atoms with Gasteiger partial charge < -0.3 is 4.74 Å². The highest BCUT2D eigenvalue weighted by Crippen LogP contribution is 2.37. The summed E-state index contributed by atoms with van der Waals surface area (Å²) in [6, 6.07) is 15.0. The van der Waals surface area contributed by atoms with E-state index in [4.69, 9.17) is 16.3 Å². The number of ether oxygens (including phenoxy) is 1. The minimum atomic E-state index is -0.562. The number of pyridine rings is 1. The van der Waals surface area contributed by atoms with Crippen molar-refractivity contribution in [2.24, 2.45) is 0 Å². The van der Waals surface area contributed by atoms with Crippen LogP contribution in [0.1, 0.15) is 21.5 Å². The molecule has 0 aliphatic rings. The third kappa shape index (κ3) is 2.60. The smallest absolute Gasteiger partial charge is 0.341 e. The first kappa shape index (κ1) is 16.0. The van der Waals surface area contributed by atoms with Crippen LogP contribution in [0.4, 0.5) is 0 Å². The molecule has 2 aromatic carbocycles. The van der Waals surface area contributed by atoms with E-state index in [2.05, 4.69) is 11.1 Å². The molecule has 0 saturated heterocycles. The van der Waals surface area contributed by atoms with Crippen molar-refractivity contribution in [2.75, 3.05) is 7.11 Å². The van der Waals surface area contributed by atoms with Crippen LogP contribution in [0.3, 0.4) is 0 Å². The molecule has 0 aliphatic carbocycles. The van der Waals surface area contributed by atoms with Gasteiger partial charge in [0, 0.05) is 10.9 Å². The van der Waals surface area contributed by atoms with E-state index in [0.29, 0.717) is 22.0 Å². The summed E-state index contributed by atoms with van der Waals surface area (Å²) in [6.07, 6.45) is 0. The van der Waals surface area contributed by atoms with Gasteiger partial charge in [-0.15, -0.1) is 0 Å². The van der Waals surface area contributed by atoms with Crippen molar-refractivity contribution in [3.63, 3.8) is 0 Å². The van der Waals surface area contributed by atoms with Gasteiger partial charge in [0.1, 0.15) is 10.7 Å². The number of aryl methyl sites for hydroxylation is 1. The van der Waals surface area contributed by atoms with Gasteiger partial charge in [0.15, 0.2) is 0 Å². The second-order valence-electron chi connectivity index (χ2n) is 5.31. The molecular formula is C19H13ClN2O2. The molecular weight excluding hydrogens is 324 g/mol. The van der Waals surface area contributed by atoms with Crippen molar-refractivity contribution in [3.8, 4) is 17.2 Å². The second kappa shape index (κ2) is 6.31. The van der Waals surface area contributed by atoms with Crippen LogP contribution in [0.25, 0.3) is 22.0 Å². The fourth-order valence-electron chi connectivity index (χ4n) is 2.77. The van der Waals surface area contributed by atoms with Gasteiger partial charge in [-0.25, -0.2) is 9.78 Å². The summed E-state index contributed by atoms with van der Waals surface area (Å²) < 4.78 is 4.89. The van der Waals surface area contributed by atoms with Crippen LogP contribution in [0.2, 0.25) is 5.15 Å². The highest BCUT2D eigenvalue weighted by molar-refractivity contribution is 6.34. The van der Waals surface area contributed by atoms with Gasteiger partial charge >= 0.3 is 5.97 Å². The monoisotopic (exact) mass is 336 g/mol. The maximum absolute atomic E-state index is 12.3. The predicted octanol–water partition coefficient (Wildman–Crippen LogP) is 4.52. The Bertz CT molecular complexity index is 992. The minimum Gasteiger partial charge on any atom is -0.465 e. The SMILES string of the molecule is COC(=O)c1c(Cl)nc2c(C)cc(C#N)cc2c1-c1ccccc1. The lowest BCUT2D eigenvalue weighted by molar-refractivity contribution is 0.0601. The van der Waals surface area contributed by atoms with Crippen molar-refractivity contribution >= 4 is 28.5 Å². The Morgan fingerprint density at radius 2 is 1.96 bits per heavy atom. The van der Waals surface area contributed by atoms with E-state index in [1.807, 2.05) is 37.3 Å². The van der Waals surface area contributed by atoms with Crippen LogP contribution in [0.5, 0.6) is 0 Å². The van der Waals surface area contributed by atoms with E-state index in [-0.39, 0.29) is 10.7 Å². The zero-order valence-corrected chi connectivity index (χ0v) is 13.9. The van der Waals surface area contributed by atoms with Gasteiger partial charge in [0.05, 0.1) is 24.3 Å². The number of carbonyl (C=O) groups is 1. The number of nitriles is 1. The lowest BCUT2D eigenvalue weighted by atomic mass is 9.94. The molecule has 0 bridgehead atoms. The third-order valence-electron chi connectivity index (χ3n) is 3.82. The van der Waals surface area contributed by atoms with Gasteiger partial charge in [-0.2, -0.15) is 5.26 Å². The zero-order chi connectivity index (χ0) is 17.3. The molecule has 1 aromatic heterocycles. The Kier molecular flexibility index (Phi) is 4.20. The Morgan fingerprint density at radius 3 is 2.58 bits per heavy atom. The van der Waals surface area contributed by atoms with Crippen LogP contribution in [-0.4, -0.2) is 18.1 Å². The molecule has 0 saturated carbocycles. The number of methoxy groups -OCH3 is 1. The minimum absolute atomic E-state index is 0.0843. The molecule has 0 unspecified atom stereocenters. The van der Waals surface area contributed by atoms with Gasteiger partial charge in [0.25, 0.3) is 0 Å². The molecule has 0 atom stereocenters. The summed E-state index contributed by atoms with van der Waals surface area (Å²) in [7, 11) is 1.30. The topological polar surface area (TPSA) is 63.0 Å². The van der Waals surface area contributed by atoms with Gasteiger partial charge in [-0.05, 0) is 30.2 Å². The molecule has 3 rings (SSSR count). The number of esters is 1. The van der Waals surface area contributed by atoms with Gasteiger partial charge in [0.2, 0.25) is 0 Å². The lowest BCUT2D eigenvalue weighted by Gasteiger charge is -2.15. The fourth-order valence-corrected chi connectivity index (χ4v) is 3.02. The normalized spacial score (nSPS) is 10.4. The molecule has 0 N–H and O–H groups in total. The Morgan fingerprint density at radius 1 is 1.25 bits per heavy atom. The van der Waals surface area contributed by atoms with Crippen molar-refractivity contribution in [1.29, 1.82) is 5.26 Å². The van der Waals surface area contributed by atoms with Crippen LogP contribution < -0.4 is 0 Å². The summed E-state index contributed by atoms with van der Waals surface area (Å²) >= 11 is 6.30. The Hall–Kier alpha value is -2.90. The summed E-state index contributed by atoms with van der Waals surface area (Å²) in [4.78, 5) is 16.7. The lowest BCUT2D eigenvalue weighted by Crippen LogP contribution is -2.07. The standard InChI is InChI=1S/C19H13ClN2O2/c1-11-8-12(10-21)9-14-15(13-6-4-3-5-7-13)16(19(23)24-2)18(20)22-17(11)14/h3-9H,1-2H3. The molecule has 1 heterocycles. The van der Waals surface area contributed by atoms with Crippen molar-refractivity contribution < 1.29 is 9.53 Å². The number of fused-ring (bicyclic) bond motifs is 1. The first-order valence-corrected chi connectivity index (χ1v) is 7.62. The van der Waals surface area contributed by atoms with Gasteiger partial charge in [-0.1, -0.05) is 41.9 Å².